The predicted molar refractivity (Wildman–Crippen MR) is 96.5 cm³/mol. The lowest BCUT2D eigenvalue weighted by Crippen LogP contribution is -2.54. The molecular formula is C20H23F2N3O3. The van der Waals surface area contributed by atoms with Crippen LogP contribution in [0, 0.1) is 11.6 Å². The molecule has 1 saturated heterocycles. The number of nitrogens with zero attached hydrogens (tertiary/aromatic N) is 2. The van der Waals surface area contributed by atoms with Crippen LogP contribution in [0.5, 0.6) is 0 Å². The van der Waals surface area contributed by atoms with Gasteiger partial charge in [0, 0.05) is 43.9 Å². The third-order valence-corrected chi connectivity index (χ3v) is 6.09. The van der Waals surface area contributed by atoms with E-state index in [9.17, 15) is 13.6 Å². The second-order valence-electron chi connectivity index (χ2n) is 7.57. The zero-order chi connectivity index (χ0) is 19.7. The fourth-order valence-corrected chi connectivity index (χ4v) is 4.58. The minimum absolute atomic E-state index is 0.0107. The normalized spacial score (nSPS) is 27.5. The Morgan fingerprint density at radius 2 is 2.25 bits per heavy atom. The molecule has 0 spiro atoms. The second-order valence-corrected chi connectivity index (χ2v) is 7.57. The van der Waals surface area contributed by atoms with Crippen LogP contribution in [-0.2, 0) is 11.3 Å². The first kappa shape index (κ1) is 19.0. The summed E-state index contributed by atoms with van der Waals surface area (Å²) in [5.74, 6) is -1.14. The fourth-order valence-electron chi connectivity index (χ4n) is 4.58. The van der Waals surface area contributed by atoms with Crippen LogP contribution >= 0.6 is 0 Å². The average molecular weight is 391 g/mol. The number of benzene rings is 1. The van der Waals surface area contributed by atoms with Gasteiger partial charge in [0.1, 0.15) is 17.9 Å². The Morgan fingerprint density at radius 3 is 3.00 bits per heavy atom. The molecule has 4 rings (SSSR count). The van der Waals surface area contributed by atoms with Crippen LogP contribution in [0.25, 0.3) is 0 Å². The predicted octanol–water partition coefficient (Wildman–Crippen LogP) is 2.89. The van der Waals surface area contributed by atoms with E-state index in [1.54, 1.807) is 7.11 Å². The summed E-state index contributed by atoms with van der Waals surface area (Å²) < 4.78 is 38.3. The van der Waals surface area contributed by atoms with Crippen LogP contribution in [0.1, 0.15) is 41.7 Å². The van der Waals surface area contributed by atoms with Gasteiger partial charge in [-0.1, -0.05) is 5.16 Å². The number of methoxy groups -OCH3 is 1. The number of amides is 1. The first-order chi connectivity index (χ1) is 13.5. The van der Waals surface area contributed by atoms with Crippen LogP contribution in [0.15, 0.2) is 35.1 Å². The molecule has 1 saturated carbocycles. The molecule has 1 aromatic heterocycles. The molecule has 3 atom stereocenters. The van der Waals surface area contributed by atoms with Crippen molar-refractivity contribution in [3.8, 4) is 0 Å². The van der Waals surface area contributed by atoms with Gasteiger partial charge in [0.05, 0.1) is 5.60 Å². The van der Waals surface area contributed by atoms with E-state index in [0.717, 1.165) is 37.9 Å². The highest BCUT2D eigenvalue weighted by Crippen LogP contribution is 2.43. The van der Waals surface area contributed by atoms with Gasteiger partial charge < -0.3 is 14.6 Å². The van der Waals surface area contributed by atoms with E-state index in [4.69, 9.17) is 9.26 Å². The molecule has 0 unspecified atom stereocenters. The number of hydrogen-bond donors (Lipinski definition) is 1. The molecule has 1 aromatic carbocycles. The van der Waals surface area contributed by atoms with Crippen molar-refractivity contribution in [1.29, 1.82) is 0 Å². The first-order valence-electron chi connectivity index (χ1n) is 9.45. The molecule has 1 aliphatic heterocycles. The largest absolute Gasteiger partial charge is 0.377 e. The Kier molecular flexibility index (Phi) is 5.16. The molecule has 1 aliphatic carbocycles. The summed E-state index contributed by atoms with van der Waals surface area (Å²) >= 11 is 0. The number of fused-ring (bicyclic) bond motifs is 1. The molecule has 6 nitrogen and oxygen atoms in total. The van der Waals surface area contributed by atoms with Gasteiger partial charge in [0.2, 0.25) is 0 Å². The molecule has 1 N–H and O–H groups in total. The summed E-state index contributed by atoms with van der Waals surface area (Å²) in [4.78, 5) is 14.4. The van der Waals surface area contributed by atoms with E-state index in [1.807, 2.05) is 0 Å². The number of ether oxygens (including phenoxy) is 1. The number of rotatable bonds is 5. The Morgan fingerprint density at radius 1 is 1.39 bits per heavy atom. The fraction of sp³-hybridized carbons (Fsp3) is 0.500. The standard InChI is InChI=1S/C20H23F2N3O3/c1-27-20-6-4-15(23-19(26)17-5-9-28-24-17)11-18(20)25(8-7-20)12-13-10-14(21)2-3-16(13)22/h2-3,5,9-10,15,18H,4,6-8,11-12H2,1H3,(H,23,26)/t15-,18+,20-/m1/s1. The minimum atomic E-state index is -0.449. The molecule has 2 aromatic rings. The number of carbonyl (C=O) groups excluding carboxylic acids is 1. The van der Waals surface area contributed by atoms with Crippen molar-refractivity contribution in [3.05, 3.63) is 53.4 Å². The Balaban J connectivity index is 1.49. The van der Waals surface area contributed by atoms with E-state index in [2.05, 4.69) is 15.4 Å². The molecule has 2 aliphatic rings. The summed E-state index contributed by atoms with van der Waals surface area (Å²) in [6, 6.07) is 5.01. The van der Waals surface area contributed by atoms with Gasteiger partial charge in [-0.3, -0.25) is 9.69 Å². The summed E-state index contributed by atoms with van der Waals surface area (Å²) in [5.41, 5.74) is 0.258. The molecule has 150 valence electrons. The lowest BCUT2D eigenvalue weighted by Gasteiger charge is -2.44. The van der Waals surface area contributed by atoms with Crippen LogP contribution in [0.4, 0.5) is 8.78 Å². The number of halogens is 2. The van der Waals surface area contributed by atoms with Crippen molar-refractivity contribution in [2.45, 2.75) is 49.9 Å². The molecule has 0 radical (unpaired) electrons. The highest BCUT2D eigenvalue weighted by Gasteiger charge is 2.51. The SMILES string of the molecule is CO[C@@]12CC[C@@H](NC(=O)c3ccon3)C[C@@H]1N(Cc1cc(F)ccc1F)CC2. The molecule has 0 bridgehead atoms. The molecule has 8 heteroatoms. The van der Waals surface area contributed by atoms with Gasteiger partial charge in [-0.2, -0.15) is 0 Å². The highest BCUT2D eigenvalue weighted by molar-refractivity contribution is 5.92. The third-order valence-electron chi connectivity index (χ3n) is 6.09. The lowest BCUT2D eigenvalue weighted by atomic mass is 9.78. The maximum absolute atomic E-state index is 14.1. The van der Waals surface area contributed by atoms with Gasteiger partial charge in [-0.05, 0) is 43.9 Å². The van der Waals surface area contributed by atoms with Crippen molar-refractivity contribution < 1.29 is 22.8 Å². The number of carbonyl (C=O) groups is 1. The van der Waals surface area contributed by atoms with Gasteiger partial charge in [0.25, 0.3) is 5.91 Å². The summed E-state index contributed by atoms with van der Waals surface area (Å²) in [6.07, 6.45) is 4.44. The molecule has 1 amide bonds. The quantitative estimate of drug-likeness (QED) is 0.849. The van der Waals surface area contributed by atoms with E-state index >= 15 is 0 Å². The number of hydrogen-bond acceptors (Lipinski definition) is 5. The van der Waals surface area contributed by atoms with Crippen molar-refractivity contribution in [1.82, 2.24) is 15.4 Å². The zero-order valence-electron chi connectivity index (χ0n) is 15.7. The monoisotopic (exact) mass is 391 g/mol. The van der Waals surface area contributed by atoms with Crippen LogP contribution in [0.3, 0.4) is 0 Å². The number of nitrogens with one attached hydrogen (secondary N) is 1. The van der Waals surface area contributed by atoms with Crippen molar-refractivity contribution >= 4 is 5.91 Å². The Bertz CT molecular complexity index is 845. The average Bonchev–Trinajstić information content (AvgIpc) is 3.34. The maximum atomic E-state index is 14.1. The van der Waals surface area contributed by atoms with Gasteiger partial charge in [-0.25, -0.2) is 8.78 Å². The minimum Gasteiger partial charge on any atom is -0.377 e. The van der Waals surface area contributed by atoms with Crippen molar-refractivity contribution in [2.24, 2.45) is 0 Å². The summed E-state index contributed by atoms with van der Waals surface area (Å²) in [7, 11) is 1.70. The van der Waals surface area contributed by atoms with E-state index in [1.165, 1.54) is 18.4 Å². The Hall–Kier alpha value is -2.32. The highest BCUT2D eigenvalue weighted by atomic mass is 19.1. The first-order valence-corrected chi connectivity index (χ1v) is 9.45. The van der Waals surface area contributed by atoms with Crippen molar-refractivity contribution in [3.63, 3.8) is 0 Å². The summed E-state index contributed by atoms with van der Waals surface area (Å²) in [6.45, 7) is 1.04. The molecular weight excluding hydrogens is 368 g/mol. The van der Waals surface area contributed by atoms with E-state index in [-0.39, 0.29) is 29.3 Å². The number of likely N-dealkylation sites (tertiary alicyclic amines) is 1. The number of aromatic nitrogens is 1. The topological polar surface area (TPSA) is 67.6 Å². The summed E-state index contributed by atoms with van der Waals surface area (Å²) in [5, 5.41) is 6.67. The molecule has 28 heavy (non-hydrogen) atoms. The van der Waals surface area contributed by atoms with Crippen LogP contribution < -0.4 is 5.32 Å². The third kappa shape index (κ3) is 3.54. The molecule has 2 heterocycles. The maximum Gasteiger partial charge on any atom is 0.273 e. The Labute approximate surface area is 161 Å². The van der Waals surface area contributed by atoms with Gasteiger partial charge in [0.15, 0.2) is 5.69 Å². The zero-order valence-corrected chi connectivity index (χ0v) is 15.7. The van der Waals surface area contributed by atoms with Gasteiger partial charge in [-0.15, -0.1) is 0 Å². The van der Waals surface area contributed by atoms with E-state index < -0.39 is 11.6 Å². The van der Waals surface area contributed by atoms with E-state index in [0.29, 0.717) is 18.5 Å². The van der Waals surface area contributed by atoms with Crippen LogP contribution in [0.2, 0.25) is 0 Å². The van der Waals surface area contributed by atoms with Crippen LogP contribution in [-0.4, -0.2) is 47.3 Å². The smallest absolute Gasteiger partial charge is 0.273 e. The van der Waals surface area contributed by atoms with Gasteiger partial charge >= 0.3 is 0 Å². The molecule has 2 fully saturated rings. The lowest BCUT2D eigenvalue weighted by molar-refractivity contribution is -0.0678. The second kappa shape index (κ2) is 7.60. The van der Waals surface area contributed by atoms with Crippen molar-refractivity contribution in [2.75, 3.05) is 13.7 Å².